The van der Waals surface area contributed by atoms with Gasteiger partial charge in [-0.3, -0.25) is 0 Å². The van der Waals surface area contributed by atoms with Crippen molar-refractivity contribution in [1.29, 1.82) is 0 Å². The minimum Gasteiger partial charge on any atom is -0.466 e. The lowest BCUT2D eigenvalue weighted by atomic mass is 10.2. The Morgan fingerprint density at radius 1 is 0.857 bits per heavy atom. The molecule has 0 heterocycles. The van der Waals surface area contributed by atoms with Gasteiger partial charge in [-0.25, -0.2) is 9.59 Å². The Kier molecular flexibility index (Phi) is 19.0. The number of hydrogen-bond acceptors (Lipinski definition) is 4. The Hall–Kier alpha value is -1.58. The molecule has 122 valence electrons. The molecular weight excluding hydrogens is 268 g/mol. The minimum atomic E-state index is -0.267. The molecule has 0 saturated carbocycles. The topological polar surface area (TPSA) is 52.6 Å². The highest BCUT2D eigenvalue weighted by Gasteiger charge is 1.91. The van der Waals surface area contributed by atoms with E-state index >= 15 is 0 Å². The van der Waals surface area contributed by atoms with Gasteiger partial charge in [-0.2, -0.15) is 0 Å². The zero-order valence-electron chi connectivity index (χ0n) is 13.9. The zero-order chi connectivity index (χ0) is 16.3. The summed E-state index contributed by atoms with van der Waals surface area (Å²) < 4.78 is 9.10. The van der Waals surface area contributed by atoms with Crippen LogP contribution in [0.2, 0.25) is 0 Å². The summed E-state index contributed by atoms with van der Waals surface area (Å²) in [4.78, 5) is 21.2. The number of unbranched alkanes of at least 4 members (excludes halogenated alkanes) is 4. The van der Waals surface area contributed by atoms with Crippen molar-refractivity contribution >= 4 is 11.9 Å². The minimum absolute atomic E-state index is 0.233. The second-order valence-electron chi connectivity index (χ2n) is 4.36. The van der Waals surface area contributed by atoms with E-state index in [0.717, 1.165) is 38.5 Å². The number of esters is 2. The molecule has 0 aliphatic heterocycles. The molecule has 21 heavy (non-hydrogen) atoms. The molecule has 0 N–H and O–H groups in total. The second kappa shape index (κ2) is 18.4. The Labute approximate surface area is 129 Å². The van der Waals surface area contributed by atoms with Crippen LogP contribution < -0.4 is 0 Å². The molecule has 0 rings (SSSR count). The first-order chi connectivity index (χ1) is 10.1. The maximum Gasteiger partial charge on any atom is 0.330 e. The fourth-order valence-corrected chi connectivity index (χ4v) is 1.26. The first-order valence-electron chi connectivity index (χ1n) is 7.70. The Morgan fingerprint density at radius 2 is 1.33 bits per heavy atom. The van der Waals surface area contributed by atoms with Gasteiger partial charge < -0.3 is 9.47 Å². The standard InChI is InChI=1S/C9H16O2.C8H14O2/c1-3-5-6-7-8-9(10)11-4-2;1-3-4-5-6-7-8(9)10-2/h7-8H,3-6H2,1-2H3;6-7H,3-5H2,1-2H3/b8-7+;7-6+. The van der Waals surface area contributed by atoms with Gasteiger partial charge in [0, 0.05) is 12.2 Å². The van der Waals surface area contributed by atoms with Crippen LogP contribution in [0.15, 0.2) is 24.3 Å². The third-order valence-corrected chi connectivity index (χ3v) is 2.44. The highest BCUT2D eigenvalue weighted by atomic mass is 16.5. The summed E-state index contributed by atoms with van der Waals surface area (Å²) in [6.45, 7) is 6.50. The summed E-state index contributed by atoms with van der Waals surface area (Å²) in [5.41, 5.74) is 0. The van der Waals surface area contributed by atoms with Crippen LogP contribution in [0.1, 0.15) is 59.3 Å². The lowest BCUT2D eigenvalue weighted by molar-refractivity contribution is -0.137. The second-order valence-corrected chi connectivity index (χ2v) is 4.36. The molecule has 0 aliphatic carbocycles. The van der Waals surface area contributed by atoms with Gasteiger partial charge in [0.05, 0.1) is 13.7 Å². The van der Waals surface area contributed by atoms with Gasteiger partial charge in [0.2, 0.25) is 0 Å². The average molecular weight is 298 g/mol. The van der Waals surface area contributed by atoms with Gasteiger partial charge in [-0.15, -0.1) is 0 Å². The number of carbonyl (C=O) groups excluding carboxylic acids is 2. The van der Waals surface area contributed by atoms with Crippen LogP contribution in [0.5, 0.6) is 0 Å². The number of hydrogen-bond donors (Lipinski definition) is 0. The summed E-state index contributed by atoms with van der Waals surface area (Å²) in [6.07, 6.45) is 13.2. The smallest absolute Gasteiger partial charge is 0.330 e. The maximum absolute atomic E-state index is 10.7. The lowest BCUT2D eigenvalue weighted by Gasteiger charge is -1.93. The highest BCUT2D eigenvalue weighted by molar-refractivity contribution is 5.82. The van der Waals surface area contributed by atoms with E-state index in [2.05, 4.69) is 18.6 Å². The summed E-state index contributed by atoms with van der Waals surface area (Å²) in [6, 6.07) is 0. The monoisotopic (exact) mass is 298 g/mol. The van der Waals surface area contributed by atoms with Crippen LogP contribution in [-0.4, -0.2) is 25.7 Å². The van der Waals surface area contributed by atoms with Crippen molar-refractivity contribution in [2.45, 2.75) is 59.3 Å². The molecule has 0 atom stereocenters. The molecule has 0 aromatic heterocycles. The maximum atomic E-state index is 10.7. The van der Waals surface area contributed by atoms with E-state index in [1.54, 1.807) is 6.92 Å². The van der Waals surface area contributed by atoms with Crippen LogP contribution in [0.25, 0.3) is 0 Å². The molecule has 0 amide bonds. The molecule has 0 radical (unpaired) electrons. The first kappa shape index (κ1) is 21.7. The van der Waals surface area contributed by atoms with Crippen molar-refractivity contribution in [3.8, 4) is 0 Å². The van der Waals surface area contributed by atoms with E-state index in [-0.39, 0.29) is 11.9 Å². The van der Waals surface area contributed by atoms with Crippen molar-refractivity contribution < 1.29 is 19.1 Å². The average Bonchev–Trinajstić information content (AvgIpc) is 2.49. The van der Waals surface area contributed by atoms with Crippen LogP contribution in [0.3, 0.4) is 0 Å². The van der Waals surface area contributed by atoms with Gasteiger partial charge in [0.25, 0.3) is 0 Å². The van der Waals surface area contributed by atoms with E-state index in [0.29, 0.717) is 6.61 Å². The van der Waals surface area contributed by atoms with E-state index in [4.69, 9.17) is 4.74 Å². The van der Waals surface area contributed by atoms with Crippen molar-refractivity contribution in [3.05, 3.63) is 24.3 Å². The largest absolute Gasteiger partial charge is 0.466 e. The van der Waals surface area contributed by atoms with E-state index in [9.17, 15) is 9.59 Å². The Balaban J connectivity index is 0. The molecule has 0 aliphatic rings. The molecule has 0 unspecified atom stereocenters. The third-order valence-electron chi connectivity index (χ3n) is 2.44. The molecule has 0 aromatic rings. The van der Waals surface area contributed by atoms with Crippen LogP contribution in [0.4, 0.5) is 0 Å². The van der Waals surface area contributed by atoms with E-state index < -0.39 is 0 Å². The Morgan fingerprint density at radius 3 is 1.71 bits per heavy atom. The molecule has 4 heteroatoms. The molecule has 0 fully saturated rings. The summed E-state index contributed by atoms with van der Waals surface area (Å²) in [7, 11) is 1.38. The fourth-order valence-electron chi connectivity index (χ4n) is 1.26. The SMILES string of the molecule is CCCC/C=C/C(=O)OC.CCCC/C=C/C(=O)OCC. The van der Waals surface area contributed by atoms with Gasteiger partial charge in [-0.05, 0) is 19.8 Å². The molecule has 0 saturated heterocycles. The lowest BCUT2D eigenvalue weighted by Crippen LogP contribution is -1.98. The summed E-state index contributed by atoms with van der Waals surface area (Å²) in [5, 5.41) is 0. The van der Waals surface area contributed by atoms with Crippen molar-refractivity contribution in [1.82, 2.24) is 0 Å². The van der Waals surface area contributed by atoms with Crippen molar-refractivity contribution in [2.75, 3.05) is 13.7 Å². The van der Waals surface area contributed by atoms with Crippen LogP contribution in [0, 0.1) is 0 Å². The number of ether oxygens (including phenoxy) is 2. The third kappa shape index (κ3) is 20.9. The van der Waals surface area contributed by atoms with Crippen LogP contribution >= 0.6 is 0 Å². The molecular formula is C17H30O4. The van der Waals surface area contributed by atoms with Gasteiger partial charge >= 0.3 is 11.9 Å². The Bertz CT molecular complexity index is 306. The molecule has 0 spiro atoms. The summed E-state index contributed by atoms with van der Waals surface area (Å²) in [5.74, 6) is -0.500. The number of methoxy groups -OCH3 is 1. The number of carbonyl (C=O) groups is 2. The zero-order valence-corrected chi connectivity index (χ0v) is 13.9. The molecule has 0 bridgehead atoms. The van der Waals surface area contributed by atoms with Crippen molar-refractivity contribution in [2.24, 2.45) is 0 Å². The summed E-state index contributed by atoms with van der Waals surface area (Å²) >= 11 is 0. The van der Waals surface area contributed by atoms with Crippen LogP contribution in [-0.2, 0) is 19.1 Å². The van der Waals surface area contributed by atoms with E-state index in [1.807, 2.05) is 12.2 Å². The molecule has 0 aromatic carbocycles. The first-order valence-corrected chi connectivity index (χ1v) is 7.70. The predicted octanol–water partition coefficient (Wildman–Crippen LogP) is 4.20. The highest BCUT2D eigenvalue weighted by Crippen LogP contribution is 1.95. The van der Waals surface area contributed by atoms with Gasteiger partial charge in [-0.1, -0.05) is 51.7 Å². The predicted molar refractivity (Wildman–Crippen MR) is 86.0 cm³/mol. The van der Waals surface area contributed by atoms with Gasteiger partial charge in [0.1, 0.15) is 0 Å². The van der Waals surface area contributed by atoms with Crippen molar-refractivity contribution in [3.63, 3.8) is 0 Å². The fraction of sp³-hybridized carbons (Fsp3) is 0.647. The molecule has 4 nitrogen and oxygen atoms in total. The van der Waals surface area contributed by atoms with Gasteiger partial charge in [0.15, 0.2) is 0 Å². The number of rotatable bonds is 9. The number of allylic oxidation sites excluding steroid dienone is 2. The normalized spacial score (nSPS) is 10.3. The van der Waals surface area contributed by atoms with E-state index in [1.165, 1.54) is 19.3 Å². The quantitative estimate of drug-likeness (QED) is 0.363.